The Bertz CT molecular complexity index is 2670. The molecule has 1 spiro atoms. The number of pyridine rings is 2. The Labute approximate surface area is 240 Å². The summed E-state index contributed by atoms with van der Waals surface area (Å²) in [6.45, 7) is 4.86. The van der Waals surface area contributed by atoms with Crippen molar-refractivity contribution in [1.82, 2.24) is 9.13 Å². The van der Waals surface area contributed by atoms with E-state index in [1.54, 1.807) is 0 Å². The number of aromatic nitrogens is 4. The maximum atomic E-state index is 2.62. The summed E-state index contributed by atoms with van der Waals surface area (Å²) in [6, 6.07) is 36.7. The SMILES string of the molecule is CC1(C)c2cc3c4ccccc4n4c3c3c2-n2c5c1cccc5c1ccc[n+](c12)C31c2c(cccc2-4)-c2cccc[n+]21. The van der Waals surface area contributed by atoms with Crippen LogP contribution in [0.5, 0.6) is 0 Å². The van der Waals surface area contributed by atoms with Crippen LogP contribution in [0, 0.1) is 0 Å². The quantitative estimate of drug-likeness (QED) is 0.186. The first-order chi connectivity index (χ1) is 20.6. The molecule has 4 aliphatic rings. The second-order valence-corrected chi connectivity index (χ2v) is 13.0. The topological polar surface area (TPSA) is 17.6 Å². The van der Waals surface area contributed by atoms with E-state index in [9.17, 15) is 0 Å². The van der Waals surface area contributed by atoms with E-state index in [0.29, 0.717) is 0 Å². The van der Waals surface area contributed by atoms with Crippen LogP contribution in [0.15, 0.2) is 109 Å². The first kappa shape index (κ1) is 20.6. The van der Waals surface area contributed by atoms with Gasteiger partial charge in [-0.2, -0.15) is 9.13 Å². The molecule has 0 aliphatic carbocycles. The third-order valence-corrected chi connectivity index (χ3v) is 11.0. The molecule has 1 unspecified atom stereocenters. The first-order valence-electron chi connectivity index (χ1n) is 14.9. The second kappa shape index (κ2) is 6.02. The number of nitrogens with zero attached hydrogens (tertiary/aromatic N) is 4. The van der Waals surface area contributed by atoms with Crippen molar-refractivity contribution in [3.05, 3.63) is 132 Å². The van der Waals surface area contributed by atoms with Gasteiger partial charge in [-0.15, -0.1) is 4.57 Å². The molecule has 0 saturated carbocycles. The number of fused-ring (bicyclic) bond motifs is 7. The van der Waals surface area contributed by atoms with Crippen molar-refractivity contribution >= 4 is 43.7 Å². The molecule has 42 heavy (non-hydrogen) atoms. The molecule has 0 bridgehead atoms. The zero-order valence-electron chi connectivity index (χ0n) is 23.2. The molecule has 4 heteroatoms. The van der Waals surface area contributed by atoms with Crippen molar-refractivity contribution in [2.45, 2.75) is 24.9 Å². The van der Waals surface area contributed by atoms with E-state index in [-0.39, 0.29) is 5.41 Å². The van der Waals surface area contributed by atoms with E-state index in [4.69, 9.17) is 0 Å². The van der Waals surface area contributed by atoms with Crippen LogP contribution in [0.25, 0.3) is 66.4 Å². The van der Waals surface area contributed by atoms with Crippen LogP contribution in [0.2, 0.25) is 0 Å². The van der Waals surface area contributed by atoms with Crippen molar-refractivity contribution < 1.29 is 9.13 Å². The van der Waals surface area contributed by atoms with Crippen LogP contribution in [-0.2, 0) is 11.1 Å². The van der Waals surface area contributed by atoms with Gasteiger partial charge >= 0.3 is 11.3 Å². The van der Waals surface area contributed by atoms with Gasteiger partial charge in [0.2, 0.25) is 5.69 Å². The lowest BCUT2D eigenvalue weighted by molar-refractivity contribution is -0.954. The Kier molecular flexibility index (Phi) is 2.96. The molecular formula is C38H24N4+2. The van der Waals surface area contributed by atoms with Gasteiger partial charge in [0.15, 0.2) is 11.9 Å². The van der Waals surface area contributed by atoms with Gasteiger partial charge in [-0.1, -0.05) is 50.2 Å². The monoisotopic (exact) mass is 536 g/mol. The molecule has 0 amide bonds. The fraction of sp³-hybridized carbons (Fsp3) is 0.105. The lowest BCUT2D eigenvalue weighted by Crippen LogP contribution is -2.75. The van der Waals surface area contributed by atoms with E-state index >= 15 is 0 Å². The largest absolute Gasteiger partial charge is 0.371 e. The highest BCUT2D eigenvalue weighted by Crippen LogP contribution is 2.59. The number of hydrogen-bond donors (Lipinski definition) is 0. The molecule has 194 valence electrons. The molecule has 4 aliphatic heterocycles. The van der Waals surface area contributed by atoms with Gasteiger partial charge in [0, 0.05) is 44.8 Å². The van der Waals surface area contributed by atoms with Crippen LogP contribution < -0.4 is 9.13 Å². The van der Waals surface area contributed by atoms with Crippen LogP contribution in [0.1, 0.15) is 36.1 Å². The Morgan fingerprint density at radius 3 is 2.36 bits per heavy atom. The minimum absolute atomic E-state index is 0.168. The van der Waals surface area contributed by atoms with Crippen molar-refractivity contribution in [3.8, 4) is 22.6 Å². The molecule has 0 fully saturated rings. The molecule has 4 nitrogen and oxygen atoms in total. The molecule has 0 radical (unpaired) electrons. The normalized spacial score (nSPS) is 19.0. The number of benzene rings is 4. The third-order valence-electron chi connectivity index (χ3n) is 11.0. The van der Waals surface area contributed by atoms with Gasteiger partial charge in [-0.25, -0.2) is 0 Å². The van der Waals surface area contributed by atoms with Crippen LogP contribution in [0.4, 0.5) is 0 Å². The van der Waals surface area contributed by atoms with Gasteiger partial charge in [0.1, 0.15) is 16.6 Å². The van der Waals surface area contributed by atoms with Crippen molar-refractivity contribution in [1.29, 1.82) is 0 Å². The molecule has 12 rings (SSSR count). The molecule has 8 heterocycles. The van der Waals surface area contributed by atoms with E-state index in [2.05, 4.69) is 142 Å². The fourth-order valence-corrected chi connectivity index (χ4v) is 9.55. The van der Waals surface area contributed by atoms with Gasteiger partial charge in [0.05, 0.1) is 33.9 Å². The van der Waals surface area contributed by atoms with Gasteiger partial charge in [0.25, 0.3) is 0 Å². The Morgan fingerprint density at radius 1 is 0.595 bits per heavy atom. The zero-order valence-corrected chi connectivity index (χ0v) is 23.2. The molecule has 0 N–H and O–H groups in total. The number of rotatable bonds is 0. The highest BCUT2D eigenvalue weighted by molar-refractivity contribution is 6.16. The molecule has 4 aromatic carbocycles. The highest BCUT2D eigenvalue weighted by Gasteiger charge is 2.68. The molecule has 0 saturated heterocycles. The standard InChI is InChI=1S/C38H24N4/c1-37(2)26-14-7-11-22-23-13-9-19-40-36(23)42(33(22)26)35-27(37)20-25-21-10-3-4-16-29(21)41-30-17-8-12-24-28-15-5-6-18-39(28)38(40,31(24)30)32(35)34(25)41/h3-20H,1-2H3/q+2. The zero-order chi connectivity index (χ0) is 27.3. The van der Waals surface area contributed by atoms with E-state index in [1.807, 2.05) is 0 Å². The Hall–Kier alpha value is -5.22. The van der Waals surface area contributed by atoms with E-state index in [0.717, 1.165) is 0 Å². The highest BCUT2D eigenvalue weighted by atomic mass is 15.4. The maximum absolute atomic E-state index is 2.62. The third kappa shape index (κ3) is 1.75. The van der Waals surface area contributed by atoms with E-state index in [1.165, 1.54) is 88.6 Å². The predicted molar refractivity (Wildman–Crippen MR) is 165 cm³/mol. The Balaban J connectivity index is 1.52. The summed E-state index contributed by atoms with van der Waals surface area (Å²) in [5.41, 5.74) is 15.3. The van der Waals surface area contributed by atoms with Crippen LogP contribution in [0.3, 0.4) is 0 Å². The summed E-state index contributed by atoms with van der Waals surface area (Å²) in [5.74, 6) is 0. The van der Waals surface area contributed by atoms with Crippen molar-refractivity contribution in [3.63, 3.8) is 0 Å². The summed E-state index contributed by atoms with van der Waals surface area (Å²) in [7, 11) is 0. The van der Waals surface area contributed by atoms with Gasteiger partial charge in [-0.3, -0.25) is 0 Å². The van der Waals surface area contributed by atoms with Crippen molar-refractivity contribution in [2.24, 2.45) is 0 Å². The maximum Gasteiger partial charge on any atom is 0.371 e. The molecule has 4 aromatic heterocycles. The number of hydrogen-bond acceptors (Lipinski definition) is 0. The summed E-state index contributed by atoms with van der Waals surface area (Å²) in [4.78, 5) is 0. The minimum atomic E-state index is -0.548. The summed E-state index contributed by atoms with van der Waals surface area (Å²) in [6.07, 6.45) is 4.64. The van der Waals surface area contributed by atoms with Crippen LogP contribution >= 0.6 is 0 Å². The first-order valence-corrected chi connectivity index (χ1v) is 14.9. The lowest BCUT2D eigenvalue weighted by Gasteiger charge is -2.39. The average Bonchev–Trinajstić information content (AvgIpc) is 3.65. The molecule has 1 atom stereocenters. The lowest BCUT2D eigenvalue weighted by atomic mass is 9.71. The second-order valence-electron chi connectivity index (χ2n) is 13.0. The van der Waals surface area contributed by atoms with Crippen molar-refractivity contribution in [2.75, 3.05) is 0 Å². The van der Waals surface area contributed by atoms with Gasteiger partial charge < -0.3 is 4.57 Å². The molecule has 8 aromatic rings. The molecular weight excluding hydrogens is 512 g/mol. The minimum Gasteiger partial charge on any atom is -0.308 e. The number of para-hydroxylation sites is 2. The van der Waals surface area contributed by atoms with E-state index < -0.39 is 5.66 Å². The average molecular weight is 537 g/mol. The predicted octanol–water partition coefficient (Wildman–Crippen LogP) is 7.00. The van der Waals surface area contributed by atoms with Gasteiger partial charge in [-0.05, 0) is 48.5 Å². The fourth-order valence-electron chi connectivity index (χ4n) is 9.55. The smallest absolute Gasteiger partial charge is 0.308 e. The summed E-state index contributed by atoms with van der Waals surface area (Å²) < 4.78 is 10.4. The van der Waals surface area contributed by atoms with Crippen LogP contribution in [-0.4, -0.2) is 9.13 Å². The Morgan fingerprint density at radius 2 is 1.40 bits per heavy atom. The summed E-state index contributed by atoms with van der Waals surface area (Å²) in [5, 5.41) is 5.31. The summed E-state index contributed by atoms with van der Waals surface area (Å²) >= 11 is 0.